The molecule has 0 aromatic heterocycles. The summed E-state index contributed by atoms with van der Waals surface area (Å²) >= 11 is 12.3. The van der Waals surface area contributed by atoms with Crippen LogP contribution in [-0.2, 0) is 14.4 Å². The molecule has 1 amide bonds. The van der Waals surface area contributed by atoms with Gasteiger partial charge in [0.2, 0.25) is 0 Å². The molecule has 0 spiro atoms. The van der Waals surface area contributed by atoms with Gasteiger partial charge in [-0.05, 0) is 31.0 Å². The molecule has 0 radical (unpaired) electrons. The van der Waals surface area contributed by atoms with Crippen molar-refractivity contribution in [1.29, 1.82) is 0 Å². The fourth-order valence-corrected chi connectivity index (χ4v) is 3.94. The first-order valence-corrected chi connectivity index (χ1v) is 9.98. The molecule has 1 fully saturated rings. The van der Waals surface area contributed by atoms with Gasteiger partial charge in [-0.2, -0.15) is 0 Å². The Bertz CT molecular complexity index is 1050. The average molecular weight is 448 g/mol. The highest BCUT2D eigenvalue weighted by atomic mass is 35.5. The Labute approximate surface area is 183 Å². The van der Waals surface area contributed by atoms with Crippen LogP contribution < -0.4 is 0 Å². The lowest BCUT2D eigenvalue weighted by Gasteiger charge is -2.26. The van der Waals surface area contributed by atoms with Crippen molar-refractivity contribution in [2.24, 2.45) is 0 Å². The number of hydrogen-bond donors (Lipinski definition) is 2. The minimum atomic E-state index is -1.01. The molecule has 1 unspecified atom stereocenters. The smallest absolute Gasteiger partial charge is 0.303 e. The molecule has 156 valence electrons. The molecule has 2 aromatic rings. The lowest BCUT2D eigenvalue weighted by molar-refractivity contribution is -0.140. The zero-order valence-electron chi connectivity index (χ0n) is 16.1. The maximum atomic E-state index is 12.9. The van der Waals surface area contributed by atoms with E-state index >= 15 is 0 Å². The quantitative estimate of drug-likeness (QED) is 0.383. The number of carboxylic acid groups (broad SMARTS) is 1. The minimum Gasteiger partial charge on any atom is -0.507 e. The van der Waals surface area contributed by atoms with Crippen LogP contribution >= 0.6 is 23.2 Å². The molecule has 0 aliphatic carbocycles. The standard InChI is InChI=1S/C22H19Cl2NO5/c1-12-4-6-13(7-5-12)20(28)18-19(15-9-8-14(23)11-16(15)24)25(22(30)21(18)29)10-2-3-17(26)27/h4-9,11,19,28H,2-3,10H2,1H3,(H,26,27)/b20-18-. The largest absolute Gasteiger partial charge is 0.507 e. The van der Waals surface area contributed by atoms with E-state index in [1.165, 1.54) is 11.0 Å². The van der Waals surface area contributed by atoms with Crippen LogP contribution in [0.4, 0.5) is 0 Å². The number of likely N-dealkylation sites (tertiary alicyclic amines) is 1. The molecule has 0 saturated carbocycles. The Morgan fingerprint density at radius 1 is 1.07 bits per heavy atom. The van der Waals surface area contributed by atoms with Crippen molar-refractivity contribution in [2.75, 3.05) is 6.54 Å². The van der Waals surface area contributed by atoms with E-state index < -0.39 is 23.7 Å². The molecule has 2 N–H and O–H groups in total. The summed E-state index contributed by atoms with van der Waals surface area (Å²) < 4.78 is 0. The van der Waals surface area contributed by atoms with Crippen molar-refractivity contribution in [2.45, 2.75) is 25.8 Å². The number of carbonyl (C=O) groups is 3. The van der Waals surface area contributed by atoms with Crippen molar-refractivity contribution in [3.8, 4) is 0 Å². The second kappa shape index (κ2) is 8.90. The van der Waals surface area contributed by atoms with Gasteiger partial charge in [-0.25, -0.2) is 0 Å². The summed E-state index contributed by atoms with van der Waals surface area (Å²) in [5.74, 6) is -2.98. The monoisotopic (exact) mass is 447 g/mol. The highest BCUT2D eigenvalue weighted by Gasteiger charge is 2.46. The van der Waals surface area contributed by atoms with Crippen LogP contribution in [0, 0.1) is 6.92 Å². The number of Topliss-reactive ketones (excluding diaryl/α,β-unsaturated/α-hetero) is 1. The average Bonchev–Trinajstić information content (AvgIpc) is 2.93. The molecule has 1 atom stereocenters. The van der Waals surface area contributed by atoms with Crippen LogP contribution in [0.5, 0.6) is 0 Å². The highest BCUT2D eigenvalue weighted by Crippen LogP contribution is 2.42. The summed E-state index contributed by atoms with van der Waals surface area (Å²) in [4.78, 5) is 37.8. The number of carboxylic acids is 1. The van der Waals surface area contributed by atoms with Gasteiger partial charge in [-0.3, -0.25) is 14.4 Å². The van der Waals surface area contributed by atoms with Crippen molar-refractivity contribution < 1.29 is 24.6 Å². The van der Waals surface area contributed by atoms with E-state index in [0.717, 1.165) is 5.56 Å². The summed E-state index contributed by atoms with van der Waals surface area (Å²) in [6.45, 7) is 1.91. The lowest BCUT2D eigenvalue weighted by Crippen LogP contribution is -2.31. The maximum Gasteiger partial charge on any atom is 0.303 e. The lowest BCUT2D eigenvalue weighted by atomic mass is 9.95. The Balaban J connectivity index is 2.14. The number of benzene rings is 2. The number of carbonyl (C=O) groups excluding carboxylic acids is 2. The summed E-state index contributed by atoms with van der Waals surface area (Å²) in [6, 6.07) is 10.6. The third-order valence-electron chi connectivity index (χ3n) is 4.91. The Morgan fingerprint density at radius 2 is 1.73 bits per heavy atom. The third-order valence-corrected chi connectivity index (χ3v) is 5.47. The number of ketones is 1. The zero-order chi connectivity index (χ0) is 22.0. The van der Waals surface area contributed by atoms with E-state index in [-0.39, 0.29) is 35.7 Å². The molecule has 3 rings (SSSR count). The molecule has 1 aliphatic rings. The Morgan fingerprint density at radius 3 is 2.33 bits per heavy atom. The van der Waals surface area contributed by atoms with Crippen LogP contribution in [0.2, 0.25) is 10.0 Å². The van der Waals surface area contributed by atoms with Crippen molar-refractivity contribution >= 4 is 46.6 Å². The summed E-state index contributed by atoms with van der Waals surface area (Å²) in [6.07, 6.45) is -0.0172. The van der Waals surface area contributed by atoms with Gasteiger partial charge in [-0.15, -0.1) is 0 Å². The number of aliphatic carboxylic acids is 1. The van der Waals surface area contributed by atoms with E-state index in [9.17, 15) is 19.5 Å². The summed E-state index contributed by atoms with van der Waals surface area (Å²) in [5.41, 5.74) is 1.69. The first-order valence-electron chi connectivity index (χ1n) is 9.23. The number of aliphatic hydroxyl groups excluding tert-OH is 1. The molecule has 8 heteroatoms. The normalized spacial score (nSPS) is 18.1. The molecular weight excluding hydrogens is 429 g/mol. The highest BCUT2D eigenvalue weighted by molar-refractivity contribution is 6.47. The number of amides is 1. The summed E-state index contributed by atoms with van der Waals surface area (Å²) in [7, 11) is 0. The van der Waals surface area contributed by atoms with E-state index in [1.54, 1.807) is 36.4 Å². The SMILES string of the molecule is Cc1ccc(/C(O)=C2/C(=O)C(=O)N(CCCC(=O)O)C2c2ccc(Cl)cc2Cl)cc1. The molecule has 30 heavy (non-hydrogen) atoms. The fourth-order valence-electron chi connectivity index (χ4n) is 3.42. The van der Waals surface area contributed by atoms with Crippen molar-refractivity contribution in [3.05, 3.63) is 74.8 Å². The zero-order valence-corrected chi connectivity index (χ0v) is 17.6. The molecule has 1 saturated heterocycles. The molecule has 2 aromatic carbocycles. The number of nitrogens with zero attached hydrogens (tertiary/aromatic N) is 1. The van der Waals surface area contributed by atoms with Gasteiger partial charge in [0.1, 0.15) is 5.76 Å². The Hall–Kier alpha value is -2.83. The molecular formula is C22H19Cl2NO5. The fraction of sp³-hybridized carbons (Fsp3) is 0.227. The van der Waals surface area contributed by atoms with Gasteiger partial charge >= 0.3 is 5.97 Å². The van der Waals surface area contributed by atoms with E-state index in [0.29, 0.717) is 16.1 Å². The number of hydrogen-bond acceptors (Lipinski definition) is 4. The van der Waals surface area contributed by atoms with E-state index in [2.05, 4.69) is 0 Å². The second-order valence-electron chi connectivity index (χ2n) is 7.02. The third kappa shape index (κ3) is 4.35. The number of aryl methyl sites for hydroxylation is 1. The van der Waals surface area contributed by atoms with Crippen LogP contribution in [0.1, 0.15) is 35.6 Å². The van der Waals surface area contributed by atoms with Gasteiger partial charge in [0.25, 0.3) is 11.7 Å². The van der Waals surface area contributed by atoms with Crippen LogP contribution in [-0.4, -0.2) is 39.3 Å². The maximum absolute atomic E-state index is 12.9. The molecule has 1 aliphatic heterocycles. The molecule has 6 nitrogen and oxygen atoms in total. The van der Waals surface area contributed by atoms with Crippen molar-refractivity contribution in [3.63, 3.8) is 0 Å². The summed E-state index contributed by atoms with van der Waals surface area (Å²) in [5, 5.41) is 20.5. The van der Waals surface area contributed by atoms with E-state index in [4.69, 9.17) is 28.3 Å². The topological polar surface area (TPSA) is 94.9 Å². The van der Waals surface area contributed by atoms with Gasteiger partial charge in [0, 0.05) is 28.6 Å². The van der Waals surface area contributed by atoms with Crippen LogP contribution in [0.15, 0.2) is 48.0 Å². The van der Waals surface area contributed by atoms with Gasteiger partial charge in [0.15, 0.2) is 0 Å². The minimum absolute atomic E-state index is 0.0190. The van der Waals surface area contributed by atoms with Gasteiger partial charge in [0.05, 0.1) is 11.6 Å². The molecule has 1 heterocycles. The first kappa shape index (κ1) is 21.9. The number of aliphatic hydroxyl groups is 1. The molecule has 0 bridgehead atoms. The van der Waals surface area contributed by atoms with E-state index in [1.807, 2.05) is 6.92 Å². The first-order chi connectivity index (χ1) is 14.2. The van der Waals surface area contributed by atoms with Gasteiger partial charge in [-0.1, -0.05) is 59.1 Å². The van der Waals surface area contributed by atoms with Crippen LogP contribution in [0.25, 0.3) is 5.76 Å². The Kier molecular flexibility index (Phi) is 6.48. The number of rotatable bonds is 6. The predicted octanol–water partition coefficient (Wildman–Crippen LogP) is 4.59. The number of halogens is 2. The van der Waals surface area contributed by atoms with Gasteiger partial charge < -0.3 is 15.1 Å². The van der Waals surface area contributed by atoms with Crippen LogP contribution in [0.3, 0.4) is 0 Å². The second-order valence-corrected chi connectivity index (χ2v) is 7.87. The predicted molar refractivity (Wildman–Crippen MR) is 114 cm³/mol. The van der Waals surface area contributed by atoms with Crippen molar-refractivity contribution in [1.82, 2.24) is 4.90 Å².